The molecule has 114 valence electrons. The largest absolute Gasteiger partial charge is 0.379 e. The minimum Gasteiger partial charge on any atom is -0.379 e. The van der Waals surface area contributed by atoms with Crippen LogP contribution in [0.4, 0.5) is 8.78 Å². The molecule has 0 saturated carbocycles. The Morgan fingerprint density at radius 1 is 1.24 bits per heavy atom. The van der Waals surface area contributed by atoms with Gasteiger partial charge >= 0.3 is 0 Å². The first kappa shape index (κ1) is 14.4. The van der Waals surface area contributed by atoms with E-state index in [-0.39, 0.29) is 17.9 Å². The average Bonchev–Trinajstić information content (AvgIpc) is 2.92. The lowest BCUT2D eigenvalue weighted by molar-refractivity contribution is -0.148. The van der Waals surface area contributed by atoms with E-state index in [0.717, 1.165) is 18.2 Å². The molecule has 1 aromatic rings. The Hall–Kier alpha value is -1.53. The minimum absolute atomic E-state index is 0.0838. The monoisotopic (exact) mass is 297 g/mol. The van der Waals surface area contributed by atoms with Gasteiger partial charge in [0.2, 0.25) is 5.91 Å². The number of amides is 1. The van der Waals surface area contributed by atoms with E-state index in [1.165, 1.54) is 0 Å². The number of ether oxygens (including phenoxy) is 2. The van der Waals surface area contributed by atoms with Crippen molar-refractivity contribution in [3.63, 3.8) is 0 Å². The van der Waals surface area contributed by atoms with Gasteiger partial charge in [-0.3, -0.25) is 4.79 Å². The molecular formula is C15H17F2NO3. The number of hydrogen-bond donors (Lipinski definition) is 0. The minimum atomic E-state index is -0.560. The summed E-state index contributed by atoms with van der Waals surface area (Å²) in [5.41, 5.74) is -0.361. The lowest BCUT2D eigenvalue weighted by atomic mass is 9.95. The van der Waals surface area contributed by atoms with Gasteiger partial charge in [0, 0.05) is 18.7 Å². The van der Waals surface area contributed by atoms with E-state index >= 15 is 0 Å². The van der Waals surface area contributed by atoms with E-state index in [9.17, 15) is 13.6 Å². The second kappa shape index (κ2) is 5.69. The molecule has 2 fully saturated rings. The predicted octanol–water partition coefficient (Wildman–Crippen LogP) is 1.53. The van der Waals surface area contributed by atoms with Crippen molar-refractivity contribution in [2.75, 3.05) is 33.0 Å². The first-order chi connectivity index (χ1) is 10.1. The Morgan fingerprint density at radius 2 is 2.00 bits per heavy atom. The zero-order valence-corrected chi connectivity index (χ0v) is 11.6. The van der Waals surface area contributed by atoms with Crippen molar-refractivity contribution in [3.05, 3.63) is 35.4 Å². The highest BCUT2D eigenvalue weighted by Crippen LogP contribution is 2.30. The SMILES string of the molecule is O=C(Cc1cc(F)ccc1F)N1CCOC[C@@]12CCOC2. The lowest BCUT2D eigenvalue weighted by Crippen LogP contribution is -2.60. The first-order valence-electron chi connectivity index (χ1n) is 7.01. The fourth-order valence-corrected chi connectivity index (χ4v) is 2.98. The average molecular weight is 297 g/mol. The number of carbonyl (C=O) groups excluding carboxylic acids is 1. The van der Waals surface area contributed by atoms with Crippen molar-refractivity contribution in [1.29, 1.82) is 0 Å². The van der Waals surface area contributed by atoms with Crippen LogP contribution < -0.4 is 0 Å². The smallest absolute Gasteiger partial charge is 0.227 e. The number of morpholine rings is 1. The number of hydrogen-bond acceptors (Lipinski definition) is 3. The number of halogens is 2. The van der Waals surface area contributed by atoms with Crippen molar-refractivity contribution in [3.8, 4) is 0 Å². The summed E-state index contributed by atoms with van der Waals surface area (Å²) in [6.45, 7) is 2.37. The fraction of sp³-hybridized carbons (Fsp3) is 0.533. The van der Waals surface area contributed by atoms with Gasteiger partial charge in [-0.25, -0.2) is 8.78 Å². The summed E-state index contributed by atoms with van der Waals surface area (Å²) in [5, 5.41) is 0. The van der Waals surface area contributed by atoms with E-state index in [1.54, 1.807) is 4.90 Å². The van der Waals surface area contributed by atoms with Gasteiger partial charge in [-0.15, -0.1) is 0 Å². The fourth-order valence-electron chi connectivity index (χ4n) is 2.98. The third kappa shape index (κ3) is 2.78. The summed E-state index contributed by atoms with van der Waals surface area (Å²) in [5.74, 6) is -1.32. The van der Waals surface area contributed by atoms with Crippen LogP contribution in [0.2, 0.25) is 0 Å². The third-order valence-electron chi connectivity index (χ3n) is 4.14. The highest BCUT2D eigenvalue weighted by Gasteiger charge is 2.45. The van der Waals surface area contributed by atoms with Crippen LogP contribution in [-0.2, 0) is 20.7 Å². The Morgan fingerprint density at radius 3 is 2.76 bits per heavy atom. The van der Waals surface area contributed by atoms with Crippen LogP contribution in [-0.4, -0.2) is 49.3 Å². The van der Waals surface area contributed by atoms with E-state index in [1.807, 2.05) is 0 Å². The summed E-state index contributed by atoms with van der Waals surface area (Å²) in [4.78, 5) is 14.2. The molecule has 2 aliphatic rings. The number of rotatable bonds is 2. The molecule has 1 spiro atoms. The van der Waals surface area contributed by atoms with Crippen molar-refractivity contribution in [2.24, 2.45) is 0 Å². The quantitative estimate of drug-likeness (QED) is 0.831. The lowest BCUT2D eigenvalue weighted by Gasteiger charge is -2.43. The molecule has 4 nitrogen and oxygen atoms in total. The molecule has 0 N–H and O–H groups in total. The molecule has 0 radical (unpaired) electrons. The van der Waals surface area contributed by atoms with E-state index in [2.05, 4.69) is 0 Å². The summed E-state index contributed by atoms with van der Waals surface area (Å²) >= 11 is 0. The van der Waals surface area contributed by atoms with Crippen molar-refractivity contribution >= 4 is 5.91 Å². The first-order valence-corrected chi connectivity index (χ1v) is 7.01. The third-order valence-corrected chi connectivity index (χ3v) is 4.14. The molecule has 1 atom stereocenters. The van der Waals surface area contributed by atoms with Gasteiger partial charge in [-0.1, -0.05) is 0 Å². The van der Waals surface area contributed by atoms with Crippen LogP contribution >= 0.6 is 0 Å². The zero-order chi connectivity index (χ0) is 14.9. The van der Waals surface area contributed by atoms with Crippen molar-refractivity contribution < 1.29 is 23.0 Å². The predicted molar refractivity (Wildman–Crippen MR) is 70.8 cm³/mol. The molecule has 0 aliphatic carbocycles. The summed E-state index contributed by atoms with van der Waals surface area (Å²) < 4.78 is 37.8. The molecular weight excluding hydrogens is 280 g/mol. The maximum atomic E-state index is 13.7. The molecule has 2 aliphatic heterocycles. The molecule has 2 saturated heterocycles. The van der Waals surface area contributed by atoms with Gasteiger partial charge in [0.05, 0.1) is 31.8 Å². The van der Waals surface area contributed by atoms with Gasteiger partial charge in [0.25, 0.3) is 0 Å². The summed E-state index contributed by atoms with van der Waals surface area (Å²) in [6, 6.07) is 3.17. The van der Waals surface area contributed by atoms with Gasteiger partial charge in [0.1, 0.15) is 11.6 Å². The normalized spacial score (nSPS) is 25.5. The van der Waals surface area contributed by atoms with Crippen LogP contribution in [0.15, 0.2) is 18.2 Å². The molecule has 2 heterocycles. The molecule has 3 rings (SSSR count). The summed E-state index contributed by atoms with van der Waals surface area (Å²) in [6.07, 6.45) is 0.565. The Labute approximate surface area is 121 Å². The van der Waals surface area contributed by atoms with Crippen molar-refractivity contribution in [1.82, 2.24) is 4.90 Å². The molecule has 1 aromatic carbocycles. The molecule has 6 heteroatoms. The summed E-state index contributed by atoms with van der Waals surface area (Å²) in [7, 11) is 0. The molecule has 0 unspecified atom stereocenters. The van der Waals surface area contributed by atoms with Crippen LogP contribution in [0.25, 0.3) is 0 Å². The Bertz CT molecular complexity index is 544. The maximum Gasteiger partial charge on any atom is 0.227 e. The van der Waals surface area contributed by atoms with E-state index in [4.69, 9.17) is 9.47 Å². The Balaban J connectivity index is 1.79. The number of carbonyl (C=O) groups is 1. The maximum absolute atomic E-state index is 13.7. The van der Waals surface area contributed by atoms with E-state index < -0.39 is 17.2 Å². The zero-order valence-electron chi connectivity index (χ0n) is 11.6. The number of benzene rings is 1. The highest BCUT2D eigenvalue weighted by atomic mass is 19.1. The van der Waals surface area contributed by atoms with Crippen LogP contribution in [0.1, 0.15) is 12.0 Å². The molecule has 0 aromatic heterocycles. The topological polar surface area (TPSA) is 38.8 Å². The molecule has 1 amide bonds. The van der Waals surface area contributed by atoms with Gasteiger partial charge in [-0.2, -0.15) is 0 Å². The van der Waals surface area contributed by atoms with Gasteiger partial charge in [-0.05, 0) is 24.6 Å². The second-order valence-electron chi connectivity index (χ2n) is 5.54. The van der Waals surface area contributed by atoms with Crippen LogP contribution in [0.5, 0.6) is 0 Å². The molecule has 21 heavy (non-hydrogen) atoms. The molecule has 0 bridgehead atoms. The van der Waals surface area contributed by atoms with Crippen LogP contribution in [0.3, 0.4) is 0 Å². The van der Waals surface area contributed by atoms with Gasteiger partial charge in [0.15, 0.2) is 0 Å². The highest BCUT2D eigenvalue weighted by molar-refractivity contribution is 5.80. The van der Waals surface area contributed by atoms with Crippen LogP contribution in [0, 0.1) is 11.6 Å². The van der Waals surface area contributed by atoms with Gasteiger partial charge < -0.3 is 14.4 Å². The second-order valence-corrected chi connectivity index (χ2v) is 5.54. The Kier molecular flexibility index (Phi) is 3.91. The number of nitrogens with zero attached hydrogens (tertiary/aromatic N) is 1. The van der Waals surface area contributed by atoms with Crippen molar-refractivity contribution in [2.45, 2.75) is 18.4 Å². The standard InChI is InChI=1S/C15H17F2NO3/c16-12-1-2-13(17)11(7-12)8-14(19)18-4-6-21-10-15(18)3-5-20-9-15/h1-2,7H,3-6,8-10H2/t15-/m0/s1. The van der Waals surface area contributed by atoms with E-state index in [0.29, 0.717) is 39.4 Å².